The number of anilines is 2. The Bertz CT molecular complexity index is 2240. The average Bonchev–Trinajstić information content (AvgIpc) is 3.84. The zero-order chi connectivity index (χ0) is 43.5. The molecular weight excluding hydrogens is 817 g/mol. The molecule has 20 heteroatoms. The number of carboxylic acid groups (broad SMARTS) is 1. The number of piperidine rings is 1. The zero-order valence-corrected chi connectivity index (χ0v) is 34.7. The number of amides is 2. The monoisotopic (exact) mass is 867 g/mol. The Morgan fingerprint density at radius 2 is 1.74 bits per heavy atom. The highest BCUT2D eigenvalue weighted by molar-refractivity contribution is 6.34. The van der Waals surface area contributed by atoms with Gasteiger partial charge in [-0.25, -0.2) is 19.4 Å². The van der Waals surface area contributed by atoms with Crippen LogP contribution in [-0.2, 0) is 18.0 Å². The number of nitrogens with two attached hydrogens (primary N) is 1. The molecule has 6 N–H and O–H groups in total. The molecule has 0 radical (unpaired) electrons. The van der Waals surface area contributed by atoms with E-state index in [1.807, 2.05) is 0 Å². The van der Waals surface area contributed by atoms with Crippen LogP contribution in [0.1, 0.15) is 45.9 Å². The molecule has 4 aromatic rings. The van der Waals surface area contributed by atoms with Crippen LogP contribution in [0.3, 0.4) is 0 Å². The maximum Gasteiger partial charge on any atom is 0.435 e. The summed E-state index contributed by atoms with van der Waals surface area (Å²) in [6, 6.07) is 7.72. The molecule has 0 saturated carbocycles. The van der Waals surface area contributed by atoms with Gasteiger partial charge in [0.1, 0.15) is 0 Å². The molecule has 0 aliphatic carbocycles. The lowest BCUT2D eigenvalue weighted by Crippen LogP contribution is -2.62. The minimum atomic E-state index is -4.82. The average molecular weight is 868 g/mol. The third kappa shape index (κ3) is 9.85. The predicted molar refractivity (Wildman–Crippen MR) is 223 cm³/mol. The van der Waals surface area contributed by atoms with Gasteiger partial charge in [-0.05, 0) is 43.3 Å². The number of carboxylic acids is 1. The Kier molecular flexibility index (Phi) is 13.0. The lowest BCUT2D eigenvalue weighted by atomic mass is 9.89. The predicted octanol–water partition coefficient (Wildman–Crippen LogP) is 4.16. The second-order valence-electron chi connectivity index (χ2n) is 16.1. The normalized spacial score (nSPS) is 19.7. The molecule has 16 nitrogen and oxygen atoms in total. The molecule has 326 valence electrons. The summed E-state index contributed by atoms with van der Waals surface area (Å²) in [7, 11) is 1.43. The Morgan fingerprint density at radius 1 is 1.03 bits per heavy atom. The number of hydrogen-bond acceptors (Lipinski definition) is 10. The number of carbonyl (C=O) groups excluding carboxylic acids is 2. The van der Waals surface area contributed by atoms with Crippen molar-refractivity contribution in [1.29, 1.82) is 0 Å². The van der Waals surface area contributed by atoms with Crippen LogP contribution in [-0.4, -0.2) is 140 Å². The Labute approximate surface area is 356 Å². The van der Waals surface area contributed by atoms with Crippen molar-refractivity contribution in [3.05, 3.63) is 83.3 Å². The summed E-state index contributed by atoms with van der Waals surface area (Å²) in [5.74, 6) is -0.967. The van der Waals surface area contributed by atoms with Crippen LogP contribution in [0.15, 0.2) is 61.2 Å². The van der Waals surface area contributed by atoms with E-state index in [-0.39, 0.29) is 57.5 Å². The molecule has 7 rings (SSSR count). The second-order valence-corrected chi connectivity index (χ2v) is 16.5. The number of piperazine rings is 1. The number of alkyl halides is 3. The zero-order valence-electron chi connectivity index (χ0n) is 33.9. The van der Waals surface area contributed by atoms with E-state index in [0.717, 1.165) is 62.4 Å². The summed E-state index contributed by atoms with van der Waals surface area (Å²) >= 11 is 6.60. The highest BCUT2D eigenvalue weighted by Gasteiger charge is 2.41. The van der Waals surface area contributed by atoms with Gasteiger partial charge in [-0.1, -0.05) is 18.2 Å². The van der Waals surface area contributed by atoms with Crippen LogP contribution in [0.5, 0.6) is 0 Å². The van der Waals surface area contributed by atoms with Gasteiger partial charge in [0.25, 0.3) is 11.8 Å². The first-order chi connectivity index (χ1) is 29.1. The van der Waals surface area contributed by atoms with Crippen molar-refractivity contribution in [3.63, 3.8) is 0 Å². The number of nitrogens with one attached hydrogen (secondary N) is 3. The van der Waals surface area contributed by atoms with Gasteiger partial charge >= 0.3 is 12.1 Å². The van der Waals surface area contributed by atoms with Crippen molar-refractivity contribution in [2.24, 2.45) is 24.6 Å². The largest absolute Gasteiger partial charge is 0.477 e. The molecular formula is C41H51ClF3N12O4+. The first kappa shape index (κ1) is 43.6. The third-order valence-electron chi connectivity index (χ3n) is 11.9. The summed E-state index contributed by atoms with van der Waals surface area (Å²) in [4.78, 5) is 51.1. The lowest BCUT2D eigenvalue weighted by Gasteiger charge is -2.47. The standard InChI is InChI=1S/C41H50ClF3N12O4/c1-26(28-8-16-57(17-9-28,25-36(58)59)24-27-19-47-20-27)54-12-14-55(15-13-54)40(61)31-6-4-29(18-33(31)42)51-39(60)38-50-22-34(53(38)2)32-23-56(52-37(32)41(43,44)45)35-7-5-30(21-49-35)48-11-3-10-46/h4-7,18,21-23,27-28,47-48H,1,3,8-17,19-20,24-25,46H2,2H3,(H-,51,58,59,60,61)/p+1. The molecule has 0 spiro atoms. The van der Waals surface area contributed by atoms with E-state index in [2.05, 4.69) is 42.5 Å². The van der Waals surface area contributed by atoms with Crippen LogP contribution in [0.4, 0.5) is 24.5 Å². The Hall–Kier alpha value is -5.50. The summed E-state index contributed by atoms with van der Waals surface area (Å²) in [6.45, 7) is 12.2. The van der Waals surface area contributed by atoms with E-state index in [1.165, 1.54) is 54.5 Å². The first-order valence-electron chi connectivity index (χ1n) is 20.4. The fourth-order valence-corrected chi connectivity index (χ4v) is 8.73. The van der Waals surface area contributed by atoms with Crippen molar-refractivity contribution < 1.29 is 37.1 Å². The van der Waals surface area contributed by atoms with Gasteiger partial charge in [0.05, 0.1) is 59.6 Å². The first-order valence-corrected chi connectivity index (χ1v) is 20.7. The van der Waals surface area contributed by atoms with Crippen LogP contribution in [0, 0.1) is 11.8 Å². The quantitative estimate of drug-likeness (QED) is 0.0854. The second kappa shape index (κ2) is 18.2. The Balaban J connectivity index is 0.951. The van der Waals surface area contributed by atoms with Crippen LogP contribution in [0.25, 0.3) is 17.1 Å². The molecule has 3 aliphatic heterocycles. The number of aliphatic carboxylic acids is 1. The van der Waals surface area contributed by atoms with Gasteiger partial charge in [-0.15, -0.1) is 0 Å². The number of imidazole rings is 1. The van der Waals surface area contributed by atoms with Crippen molar-refractivity contribution in [2.75, 3.05) is 89.2 Å². The van der Waals surface area contributed by atoms with Gasteiger partial charge in [0, 0.05) is 95.1 Å². The maximum absolute atomic E-state index is 14.3. The molecule has 6 heterocycles. The minimum absolute atomic E-state index is 0.000579. The minimum Gasteiger partial charge on any atom is -0.477 e. The number of rotatable bonds is 15. The van der Waals surface area contributed by atoms with Crippen molar-refractivity contribution >= 4 is 40.8 Å². The van der Waals surface area contributed by atoms with E-state index >= 15 is 0 Å². The number of aromatic nitrogens is 5. The van der Waals surface area contributed by atoms with E-state index in [0.29, 0.717) is 55.4 Å². The summed E-state index contributed by atoms with van der Waals surface area (Å²) in [5.41, 5.74) is 6.29. The SMILES string of the molecule is C=C(C1CC[N+](CC(=O)O)(CC2CNC2)CC1)N1CCN(C(=O)c2ccc(NC(=O)c3ncc(-c4cn(-c5ccc(NCCCN)cn5)nc4C(F)(F)F)n3C)cc2Cl)CC1. The van der Waals surface area contributed by atoms with Gasteiger partial charge in [0.15, 0.2) is 23.9 Å². The maximum atomic E-state index is 14.3. The highest BCUT2D eigenvalue weighted by Crippen LogP contribution is 2.37. The molecule has 61 heavy (non-hydrogen) atoms. The van der Waals surface area contributed by atoms with Crippen LogP contribution in [0.2, 0.25) is 5.02 Å². The number of benzene rings is 1. The fraction of sp³-hybridized carbons (Fsp3) is 0.463. The molecule has 0 unspecified atom stereocenters. The van der Waals surface area contributed by atoms with Crippen molar-refractivity contribution in [1.82, 2.24) is 39.4 Å². The molecule has 3 aromatic heterocycles. The summed E-state index contributed by atoms with van der Waals surface area (Å²) in [5, 5.41) is 22.7. The molecule has 2 amide bonds. The third-order valence-corrected chi connectivity index (χ3v) is 12.2. The fourth-order valence-electron chi connectivity index (χ4n) is 8.46. The van der Waals surface area contributed by atoms with Gasteiger partial charge < -0.3 is 45.6 Å². The van der Waals surface area contributed by atoms with Crippen LogP contribution < -0.4 is 21.7 Å². The molecule has 0 bridgehead atoms. The van der Waals surface area contributed by atoms with E-state index in [1.54, 1.807) is 11.0 Å². The molecule has 0 atom stereocenters. The van der Waals surface area contributed by atoms with Crippen LogP contribution >= 0.6 is 11.6 Å². The number of likely N-dealkylation sites (tertiary alicyclic amines) is 1. The lowest BCUT2D eigenvalue weighted by molar-refractivity contribution is -0.930. The Morgan fingerprint density at radius 3 is 2.34 bits per heavy atom. The highest BCUT2D eigenvalue weighted by atomic mass is 35.5. The summed E-state index contributed by atoms with van der Waals surface area (Å²) < 4.78 is 45.6. The number of nitrogens with zero attached hydrogens (tertiary/aromatic N) is 8. The van der Waals surface area contributed by atoms with Gasteiger partial charge in [-0.3, -0.25) is 9.59 Å². The number of quaternary nitrogens is 1. The van der Waals surface area contributed by atoms with E-state index < -0.39 is 23.7 Å². The van der Waals surface area contributed by atoms with Gasteiger partial charge in [-0.2, -0.15) is 18.3 Å². The number of hydrogen-bond donors (Lipinski definition) is 5. The number of pyridine rings is 1. The van der Waals surface area contributed by atoms with Gasteiger partial charge in [0.2, 0.25) is 0 Å². The smallest absolute Gasteiger partial charge is 0.435 e. The molecule has 3 fully saturated rings. The number of allylic oxidation sites excluding steroid dienone is 1. The molecule has 1 aromatic carbocycles. The van der Waals surface area contributed by atoms with Crippen molar-refractivity contribution in [2.45, 2.75) is 25.4 Å². The molecule has 3 saturated heterocycles. The van der Waals surface area contributed by atoms with E-state index in [4.69, 9.17) is 17.3 Å². The van der Waals surface area contributed by atoms with E-state index in [9.17, 15) is 32.7 Å². The number of halogens is 4. The summed E-state index contributed by atoms with van der Waals surface area (Å²) in [6.07, 6.45) is 1.52. The molecule has 3 aliphatic rings. The van der Waals surface area contributed by atoms with Crippen molar-refractivity contribution in [3.8, 4) is 17.1 Å². The topological polar surface area (TPSA) is 189 Å². The number of carbonyl (C=O) groups is 3.